The summed E-state index contributed by atoms with van der Waals surface area (Å²) in [5.41, 5.74) is -0.0553. The van der Waals surface area contributed by atoms with Crippen molar-refractivity contribution in [3.05, 3.63) is 52.6 Å². The molecule has 0 unspecified atom stereocenters. The van der Waals surface area contributed by atoms with Crippen molar-refractivity contribution in [2.75, 3.05) is 37.3 Å². The topological polar surface area (TPSA) is 126 Å². The number of nitrogens with zero attached hydrogens (tertiary/aromatic N) is 4. The summed E-state index contributed by atoms with van der Waals surface area (Å²) >= 11 is 0. The standard InChI is InChI=1S/C22H22F3N5O5S/c1-13(22(23,24)25)35-17-5-3-14(36(2,33)34)11-15(17)21(32)30-9-7-29(8-10-30)18-6-4-16-19(28-18)20(31)27-12-26-16/h3-6,11-13H,7-10H2,1-2H3,(H,26,27,31)/t13-/m0/s1. The van der Waals surface area contributed by atoms with Crippen LogP contribution in [0.5, 0.6) is 5.75 Å². The second-order valence-electron chi connectivity index (χ2n) is 8.28. The van der Waals surface area contributed by atoms with Crippen molar-refractivity contribution >= 4 is 32.6 Å². The number of H-pyrrole nitrogens is 1. The third kappa shape index (κ3) is 5.27. The molecular formula is C22H22F3N5O5S. The van der Waals surface area contributed by atoms with E-state index in [-0.39, 0.29) is 40.4 Å². The van der Waals surface area contributed by atoms with Crippen molar-refractivity contribution in [2.24, 2.45) is 0 Å². The van der Waals surface area contributed by atoms with E-state index in [9.17, 15) is 31.2 Å². The van der Waals surface area contributed by atoms with Crippen molar-refractivity contribution in [1.82, 2.24) is 19.9 Å². The zero-order chi connectivity index (χ0) is 26.3. The second-order valence-corrected chi connectivity index (χ2v) is 10.3. The van der Waals surface area contributed by atoms with Gasteiger partial charge in [-0.15, -0.1) is 0 Å². The highest BCUT2D eigenvalue weighted by Crippen LogP contribution is 2.30. The molecule has 0 spiro atoms. The average molecular weight is 526 g/mol. The molecule has 1 atom stereocenters. The van der Waals surface area contributed by atoms with Gasteiger partial charge in [-0.2, -0.15) is 13.2 Å². The van der Waals surface area contributed by atoms with Crippen molar-refractivity contribution in [3.8, 4) is 5.75 Å². The minimum Gasteiger partial charge on any atom is -0.480 e. The third-order valence-electron chi connectivity index (χ3n) is 5.74. The van der Waals surface area contributed by atoms with Crippen LogP contribution in [0.3, 0.4) is 0 Å². The minimum absolute atomic E-state index is 0.173. The number of ether oxygens (including phenoxy) is 1. The molecule has 36 heavy (non-hydrogen) atoms. The van der Waals surface area contributed by atoms with Gasteiger partial charge in [-0.05, 0) is 37.3 Å². The van der Waals surface area contributed by atoms with Gasteiger partial charge in [-0.1, -0.05) is 0 Å². The molecule has 1 fully saturated rings. The molecule has 10 nitrogen and oxygen atoms in total. The number of rotatable bonds is 5. The van der Waals surface area contributed by atoms with Gasteiger partial charge >= 0.3 is 6.18 Å². The fraction of sp³-hybridized carbons (Fsp3) is 0.364. The van der Waals surface area contributed by atoms with E-state index in [4.69, 9.17) is 4.74 Å². The summed E-state index contributed by atoms with van der Waals surface area (Å²) in [6.45, 7) is 1.81. The van der Waals surface area contributed by atoms with Gasteiger partial charge in [0.15, 0.2) is 21.5 Å². The molecule has 1 aliphatic heterocycles. The molecule has 14 heteroatoms. The van der Waals surface area contributed by atoms with Crippen LogP contribution in [-0.2, 0) is 9.84 Å². The molecule has 1 amide bonds. The lowest BCUT2D eigenvalue weighted by Crippen LogP contribution is -2.49. The number of fused-ring (bicyclic) bond motifs is 1. The number of anilines is 1. The van der Waals surface area contributed by atoms with Crippen LogP contribution in [0.15, 0.2) is 46.3 Å². The Labute approximate surface area is 203 Å². The Morgan fingerprint density at radius 2 is 1.83 bits per heavy atom. The van der Waals surface area contributed by atoms with Crippen molar-refractivity contribution in [2.45, 2.75) is 24.1 Å². The molecule has 0 aliphatic carbocycles. The maximum absolute atomic E-state index is 13.3. The number of benzene rings is 1. The third-order valence-corrected chi connectivity index (χ3v) is 6.85. The molecule has 0 bridgehead atoms. The van der Waals surface area contributed by atoms with Gasteiger partial charge in [0, 0.05) is 32.4 Å². The molecule has 192 valence electrons. The Balaban J connectivity index is 1.56. The number of piperazine rings is 1. The molecule has 0 saturated carbocycles. The minimum atomic E-state index is -4.68. The first-order valence-corrected chi connectivity index (χ1v) is 12.7. The summed E-state index contributed by atoms with van der Waals surface area (Å²) in [4.78, 5) is 39.2. The number of alkyl halides is 3. The molecule has 1 N–H and O–H groups in total. The highest BCUT2D eigenvalue weighted by Gasteiger charge is 2.39. The number of amides is 1. The smallest absolute Gasteiger partial charge is 0.425 e. The first kappa shape index (κ1) is 25.4. The molecule has 3 heterocycles. The summed E-state index contributed by atoms with van der Waals surface area (Å²) in [5.74, 6) is -0.505. The summed E-state index contributed by atoms with van der Waals surface area (Å²) in [6, 6.07) is 6.56. The van der Waals surface area contributed by atoms with Gasteiger partial charge in [0.2, 0.25) is 0 Å². The van der Waals surface area contributed by atoms with E-state index in [1.54, 1.807) is 12.1 Å². The highest BCUT2D eigenvalue weighted by atomic mass is 32.2. The molecule has 2 aromatic heterocycles. The van der Waals surface area contributed by atoms with E-state index in [0.717, 1.165) is 31.4 Å². The second kappa shape index (κ2) is 9.41. The number of pyridine rings is 1. The lowest BCUT2D eigenvalue weighted by Gasteiger charge is -2.35. The Kier molecular flexibility index (Phi) is 6.64. The molecule has 1 saturated heterocycles. The summed E-state index contributed by atoms with van der Waals surface area (Å²) in [6.07, 6.45) is -4.67. The maximum atomic E-state index is 13.3. The normalized spacial score (nSPS) is 15.7. The number of sulfone groups is 1. The highest BCUT2D eigenvalue weighted by molar-refractivity contribution is 7.90. The van der Waals surface area contributed by atoms with E-state index in [1.165, 1.54) is 11.2 Å². The number of hydrogen-bond donors (Lipinski definition) is 1. The predicted molar refractivity (Wildman–Crippen MR) is 124 cm³/mol. The van der Waals surface area contributed by atoms with Crippen LogP contribution >= 0.6 is 0 Å². The first-order chi connectivity index (χ1) is 16.8. The van der Waals surface area contributed by atoms with Crippen LogP contribution in [0.1, 0.15) is 17.3 Å². The number of carbonyl (C=O) groups excluding carboxylic acids is 1. The SMILES string of the molecule is C[C@H](Oc1ccc(S(C)(=O)=O)cc1C(=O)N1CCN(c2ccc3nc[nH]c(=O)c3n2)CC1)C(F)(F)F. The van der Waals surface area contributed by atoms with Gasteiger partial charge < -0.3 is 19.5 Å². The van der Waals surface area contributed by atoms with Gasteiger partial charge in [0.25, 0.3) is 11.5 Å². The molecule has 1 aromatic carbocycles. The van der Waals surface area contributed by atoms with Gasteiger partial charge in [0.1, 0.15) is 11.6 Å². The van der Waals surface area contributed by atoms with E-state index in [2.05, 4.69) is 15.0 Å². The number of halogens is 3. The predicted octanol–water partition coefficient (Wildman–Crippen LogP) is 2.01. The van der Waals surface area contributed by atoms with Crippen LogP contribution < -0.4 is 15.2 Å². The molecular weight excluding hydrogens is 503 g/mol. The van der Waals surface area contributed by atoms with Crippen molar-refractivity contribution in [3.63, 3.8) is 0 Å². The largest absolute Gasteiger partial charge is 0.480 e. The van der Waals surface area contributed by atoms with Crippen LogP contribution in [-0.4, -0.2) is 78.9 Å². The average Bonchev–Trinajstić information content (AvgIpc) is 2.83. The molecule has 3 aromatic rings. The van der Waals surface area contributed by atoms with E-state index in [0.29, 0.717) is 24.4 Å². The van der Waals surface area contributed by atoms with Gasteiger partial charge in [0.05, 0.1) is 22.3 Å². The summed E-state index contributed by atoms with van der Waals surface area (Å²) in [5, 5.41) is 0. The zero-order valence-electron chi connectivity index (χ0n) is 19.2. The van der Waals surface area contributed by atoms with Gasteiger partial charge in [-0.25, -0.2) is 18.4 Å². The zero-order valence-corrected chi connectivity index (χ0v) is 20.1. The van der Waals surface area contributed by atoms with E-state index < -0.39 is 28.0 Å². The molecule has 4 rings (SSSR count). The monoisotopic (exact) mass is 525 g/mol. The van der Waals surface area contributed by atoms with Crippen LogP contribution in [0.25, 0.3) is 11.0 Å². The molecule has 0 radical (unpaired) electrons. The Morgan fingerprint density at radius 1 is 1.14 bits per heavy atom. The fourth-order valence-electron chi connectivity index (χ4n) is 3.69. The van der Waals surface area contributed by atoms with Crippen LogP contribution in [0.2, 0.25) is 0 Å². The summed E-state index contributed by atoms with van der Waals surface area (Å²) in [7, 11) is -3.73. The maximum Gasteiger partial charge on any atom is 0.425 e. The lowest BCUT2D eigenvalue weighted by atomic mass is 10.1. The number of hydrogen-bond acceptors (Lipinski definition) is 8. The number of nitrogens with one attached hydrogen (secondary N) is 1. The van der Waals surface area contributed by atoms with Crippen LogP contribution in [0, 0.1) is 0 Å². The van der Waals surface area contributed by atoms with E-state index >= 15 is 0 Å². The summed E-state index contributed by atoms with van der Waals surface area (Å²) < 4.78 is 68.2. The lowest BCUT2D eigenvalue weighted by molar-refractivity contribution is -0.189. The number of aromatic amines is 1. The van der Waals surface area contributed by atoms with Crippen molar-refractivity contribution < 1.29 is 31.1 Å². The fourth-order valence-corrected chi connectivity index (χ4v) is 4.34. The number of carbonyl (C=O) groups is 1. The van der Waals surface area contributed by atoms with Gasteiger partial charge in [-0.3, -0.25) is 9.59 Å². The Hall–Kier alpha value is -3.68. The molecule has 1 aliphatic rings. The Bertz CT molecular complexity index is 1470. The quantitative estimate of drug-likeness (QED) is 0.536. The number of aromatic nitrogens is 3. The van der Waals surface area contributed by atoms with E-state index in [1.807, 2.05) is 4.90 Å². The van der Waals surface area contributed by atoms with Crippen molar-refractivity contribution in [1.29, 1.82) is 0 Å². The Morgan fingerprint density at radius 3 is 2.47 bits per heavy atom. The first-order valence-electron chi connectivity index (χ1n) is 10.8. The van der Waals surface area contributed by atoms with Crippen LogP contribution in [0.4, 0.5) is 19.0 Å².